The van der Waals surface area contributed by atoms with Crippen LogP contribution in [-0.4, -0.2) is 0 Å². The number of para-hydroxylation sites is 1. The SMILES string of the molecule is NNC(c1csc(Br)c1)c1cc2ccccc2o1. The Kier molecular flexibility index (Phi) is 3.22. The Labute approximate surface area is 117 Å². The quantitative estimate of drug-likeness (QED) is 0.569. The van der Waals surface area contributed by atoms with Crippen LogP contribution in [-0.2, 0) is 0 Å². The highest BCUT2D eigenvalue weighted by molar-refractivity contribution is 9.11. The molecule has 92 valence electrons. The average molecular weight is 323 g/mol. The van der Waals surface area contributed by atoms with Gasteiger partial charge in [-0.15, -0.1) is 11.3 Å². The molecule has 1 atom stereocenters. The molecular formula is C13H11BrN2OS. The van der Waals surface area contributed by atoms with E-state index in [1.54, 1.807) is 11.3 Å². The lowest BCUT2D eigenvalue weighted by Gasteiger charge is -2.10. The van der Waals surface area contributed by atoms with Crippen LogP contribution in [0, 0.1) is 0 Å². The van der Waals surface area contributed by atoms with Gasteiger partial charge < -0.3 is 4.42 Å². The molecule has 0 saturated heterocycles. The summed E-state index contributed by atoms with van der Waals surface area (Å²) in [4.78, 5) is 0. The summed E-state index contributed by atoms with van der Waals surface area (Å²) in [6, 6.07) is 11.9. The van der Waals surface area contributed by atoms with Crippen molar-refractivity contribution in [2.45, 2.75) is 6.04 Å². The maximum Gasteiger partial charge on any atom is 0.134 e. The van der Waals surface area contributed by atoms with Crippen LogP contribution in [0.4, 0.5) is 0 Å². The molecule has 0 aliphatic carbocycles. The van der Waals surface area contributed by atoms with E-state index in [-0.39, 0.29) is 6.04 Å². The van der Waals surface area contributed by atoms with Gasteiger partial charge in [-0.05, 0) is 45.1 Å². The number of halogens is 1. The molecule has 2 aromatic heterocycles. The molecule has 0 aliphatic rings. The molecule has 1 unspecified atom stereocenters. The molecule has 0 spiro atoms. The number of hydrogen-bond donors (Lipinski definition) is 2. The first-order chi connectivity index (χ1) is 8.78. The Balaban J connectivity index is 2.05. The molecule has 0 bridgehead atoms. The van der Waals surface area contributed by atoms with E-state index in [4.69, 9.17) is 10.3 Å². The van der Waals surface area contributed by atoms with Crippen LogP contribution < -0.4 is 11.3 Å². The maximum atomic E-state index is 5.83. The molecule has 18 heavy (non-hydrogen) atoms. The third-order valence-corrected chi connectivity index (χ3v) is 4.34. The Hall–Kier alpha value is -1.14. The average Bonchev–Trinajstić information content (AvgIpc) is 2.96. The van der Waals surface area contributed by atoms with E-state index in [0.717, 1.165) is 26.1 Å². The summed E-state index contributed by atoms with van der Waals surface area (Å²) in [5.74, 6) is 6.47. The van der Waals surface area contributed by atoms with Crippen LogP contribution in [0.1, 0.15) is 17.4 Å². The minimum atomic E-state index is -0.125. The second kappa shape index (κ2) is 4.85. The first kappa shape index (κ1) is 11.9. The van der Waals surface area contributed by atoms with E-state index in [1.165, 1.54) is 0 Å². The highest BCUT2D eigenvalue weighted by Gasteiger charge is 2.18. The molecular weight excluding hydrogens is 312 g/mol. The fourth-order valence-electron chi connectivity index (χ4n) is 1.96. The van der Waals surface area contributed by atoms with Crippen molar-refractivity contribution in [3.05, 3.63) is 56.9 Å². The van der Waals surface area contributed by atoms with Crippen molar-refractivity contribution in [3.8, 4) is 0 Å². The van der Waals surface area contributed by atoms with Crippen LogP contribution in [0.2, 0.25) is 0 Å². The lowest BCUT2D eigenvalue weighted by atomic mass is 10.1. The van der Waals surface area contributed by atoms with Gasteiger partial charge in [0.05, 0.1) is 3.79 Å². The minimum Gasteiger partial charge on any atom is -0.459 e. The Bertz CT molecular complexity index is 643. The molecule has 3 N–H and O–H groups in total. The van der Waals surface area contributed by atoms with Crippen molar-refractivity contribution in [2.75, 3.05) is 0 Å². The topological polar surface area (TPSA) is 51.2 Å². The number of nitrogens with one attached hydrogen (secondary N) is 1. The number of hydrazine groups is 1. The molecule has 3 nitrogen and oxygen atoms in total. The van der Waals surface area contributed by atoms with E-state index in [2.05, 4.69) is 26.7 Å². The van der Waals surface area contributed by atoms with Crippen LogP contribution in [0.5, 0.6) is 0 Å². The number of rotatable bonds is 3. The molecule has 1 aromatic carbocycles. The number of hydrogen-bond acceptors (Lipinski definition) is 4. The first-order valence-electron chi connectivity index (χ1n) is 5.46. The highest BCUT2D eigenvalue weighted by atomic mass is 79.9. The predicted octanol–water partition coefficient (Wildman–Crippen LogP) is 3.81. The number of fused-ring (bicyclic) bond motifs is 1. The van der Waals surface area contributed by atoms with Gasteiger partial charge in [0.2, 0.25) is 0 Å². The summed E-state index contributed by atoms with van der Waals surface area (Å²) in [6.45, 7) is 0. The standard InChI is InChI=1S/C13H11BrN2OS/c14-12-6-9(7-18-12)13(16-15)11-5-8-3-1-2-4-10(8)17-11/h1-7,13,16H,15H2. The second-order valence-corrected chi connectivity index (χ2v) is 6.26. The van der Waals surface area contributed by atoms with Crippen molar-refractivity contribution in [1.82, 2.24) is 5.43 Å². The van der Waals surface area contributed by atoms with Crippen molar-refractivity contribution < 1.29 is 4.42 Å². The minimum absolute atomic E-state index is 0.125. The van der Waals surface area contributed by atoms with Crippen molar-refractivity contribution >= 4 is 38.2 Å². The molecule has 0 radical (unpaired) electrons. The maximum absolute atomic E-state index is 5.83. The monoisotopic (exact) mass is 322 g/mol. The van der Waals surface area contributed by atoms with Gasteiger partial charge in [-0.3, -0.25) is 5.84 Å². The normalized spacial score (nSPS) is 13.0. The van der Waals surface area contributed by atoms with Gasteiger partial charge in [-0.2, -0.15) is 0 Å². The van der Waals surface area contributed by atoms with Crippen molar-refractivity contribution in [3.63, 3.8) is 0 Å². The van der Waals surface area contributed by atoms with Gasteiger partial charge in [-0.25, -0.2) is 5.43 Å². The summed E-state index contributed by atoms with van der Waals surface area (Å²) in [5.41, 5.74) is 4.77. The lowest BCUT2D eigenvalue weighted by molar-refractivity contribution is 0.478. The van der Waals surface area contributed by atoms with Gasteiger partial charge in [0.1, 0.15) is 17.4 Å². The van der Waals surface area contributed by atoms with Gasteiger partial charge >= 0.3 is 0 Å². The predicted molar refractivity (Wildman–Crippen MR) is 77.4 cm³/mol. The summed E-state index contributed by atoms with van der Waals surface area (Å²) < 4.78 is 6.91. The largest absolute Gasteiger partial charge is 0.459 e. The molecule has 0 amide bonds. The number of nitrogens with two attached hydrogens (primary N) is 1. The van der Waals surface area contributed by atoms with Gasteiger partial charge in [0.25, 0.3) is 0 Å². The molecule has 3 rings (SSSR count). The summed E-state index contributed by atoms with van der Waals surface area (Å²) in [5, 5.41) is 3.14. The van der Waals surface area contributed by atoms with Gasteiger partial charge in [0.15, 0.2) is 0 Å². The Morgan fingerprint density at radius 2 is 2.11 bits per heavy atom. The zero-order valence-electron chi connectivity index (χ0n) is 9.39. The van der Waals surface area contributed by atoms with Crippen molar-refractivity contribution in [1.29, 1.82) is 0 Å². The fourth-order valence-corrected chi connectivity index (χ4v) is 3.16. The number of benzene rings is 1. The smallest absolute Gasteiger partial charge is 0.134 e. The summed E-state index contributed by atoms with van der Waals surface area (Å²) >= 11 is 5.09. The second-order valence-electron chi connectivity index (χ2n) is 3.97. The van der Waals surface area contributed by atoms with E-state index in [1.807, 2.05) is 36.4 Å². The van der Waals surface area contributed by atoms with Crippen molar-refractivity contribution in [2.24, 2.45) is 5.84 Å². The van der Waals surface area contributed by atoms with Crippen LogP contribution in [0.25, 0.3) is 11.0 Å². The molecule has 5 heteroatoms. The van der Waals surface area contributed by atoms with Gasteiger partial charge in [0, 0.05) is 5.39 Å². The molecule has 0 saturated carbocycles. The third kappa shape index (κ3) is 2.10. The zero-order valence-corrected chi connectivity index (χ0v) is 11.8. The van der Waals surface area contributed by atoms with E-state index < -0.39 is 0 Å². The summed E-state index contributed by atoms with van der Waals surface area (Å²) in [6.07, 6.45) is 0. The molecule has 0 fully saturated rings. The van der Waals surface area contributed by atoms with E-state index in [0.29, 0.717) is 0 Å². The first-order valence-corrected chi connectivity index (χ1v) is 7.14. The van der Waals surface area contributed by atoms with Crippen LogP contribution in [0.3, 0.4) is 0 Å². The Morgan fingerprint density at radius 3 is 2.78 bits per heavy atom. The highest BCUT2D eigenvalue weighted by Crippen LogP contribution is 2.31. The van der Waals surface area contributed by atoms with Gasteiger partial charge in [-0.1, -0.05) is 18.2 Å². The number of thiophene rings is 1. The lowest BCUT2D eigenvalue weighted by Crippen LogP contribution is -2.28. The molecule has 2 heterocycles. The van der Waals surface area contributed by atoms with E-state index >= 15 is 0 Å². The van der Waals surface area contributed by atoms with Crippen LogP contribution in [0.15, 0.2) is 50.0 Å². The molecule has 3 aromatic rings. The van der Waals surface area contributed by atoms with Crippen LogP contribution >= 0.6 is 27.3 Å². The van der Waals surface area contributed by atoms with E-state index in [9.17, 15) is 0 Å². The Morgan fingerprint density at radius 1 is 1.28 bits per heavy atom. The fraction of sp³-hybridized carbons (Fsp3) is 0.0769. The third-order valence-electron chi connectivity index (χ3n) is 2.82. The number of furan rings is 1. The summed E-state index contributed by atoms with van der Waals surface area (Å²) in [7, 11) is 0. The molecule has 0 aliphatic heterocycles. The zero-order chi connectivity index (χ0) is 12.5.